The Hall–Kier alpha value is -2.59. The maximum absolute atomic E-state index is 12.7. The molecule has 0 aliphatic rings. The van der Waals surface area contributed by atoms with Crippen molar-refractivity contribution in [2.45, 2.75) is 34.1 Å². The highest BCUT2D eigenvalue weighted by Gasteiger charge is 2.24. The summed E-state index contributed by atoms with van der Waals surface area (Å²) in [6.07, 6.45) is 0.245. The van der Waals surface area contributed by atoms with Crippen LogP contribution < -0.4 is 0 Å². The zero-order valence-corrected chi connectivity index (χ0v) is 16.6. The Morgan fingerprint density at radius 3 is 2.42 bits per heavy atom. The van der Waals surface area contributed by atoms with E-state index in [1.54, 1.807) is 7.05 Å². The highest BCUT2D eigenvalue weighted by atomic mass is 32.1. The summed E-state index contributed by atoms with van der Waals surface area (Å²) in [5.41, 5.74) is 3.44. The van der Waals surface area contributed by atoms with E-state index in [0.717, 1.165) is 26.8 Å². The molecule has 0 bridgehead atoms. The van der Waals surface area contributed by atoms with Crippen LogP contribution in [0, 0.1) is 39.0 Å². The maximum Gasteiger partial charge on any atom is 0.341 e. The summed E-state index contributed by atoms with van der Waals surface area (Å²) in [4.78, 5) is 27.2. The molecule has 0 saturated carbocycles. The quantitative estimate of drug-likeness (QED) is 0.728. The number of aromatic nitrogens is 1. The van der Waals surface area contributed by atoms with Gasteiger partial charge in [0.25, 0.3) is 5.91 Å². The van der Waals surface area contributed by atoms with Gasteiger partial charge < -0.3 is 14.2 Å². The van der Waals surface area contributed by atoms with Gasteiger partial charge in [0.15, 0.2) is 6.61 Å². The monoisotopic (exact) mass is 373 g/mol. The topological polar surface area (TPSA) is 75.3 Å². The second-order valence-electron chi connectivity index (χ2n) is 6.21. The lowest BCUT2D eigenvalue weighted by Crippen LogP contribution is -2.32. The van der Waals surface area contributed by atoms with Gasteiger partial charge in [-0.2, -0.15) is 5.26 Å². The molecule has 7 heteroatoms. The molecule has 138 valence electrons. The molecule has 2 heterocycles. The van der Waals surface area contributed by atoms with Crippen LogP contribution in [0.4, 0.5) is 0 Å². The molecule has 0 fully saturated rings. The molecule has 2 rings (SSSR count). The summed E-state index contributed by atoms with van der Waals surface area (Å²) in [5, 5.41) is 9.40. The van der Waals surface area contributed by atoms with E-state index in [4.69, 9.17) is 10.00 Å². The standard InChI is InChI=1S/C19H23N3O3S/c1-12-7-8-13(2)22(12)18-17(14(3)15(4)26-18)19(24)25-11-16(23)21(5)10-6-9-20/h7-8H,6,10-11H2,1-5H3. The van der Waals surface area contributed by atoms with Crippen LogP contribution >= 0.6 is 11.3 Å². The molecule has 6 nitrogen and oxygen atoms in total. The Morgan fingerprint density at radius 2 is 1.85 bits per heavy atom. The van der Waals surface area contributed by atoms with E-state index in [0.29, 0.717) is 12.1 Å². The van der Waals surface area contributed by atoms with Gasteiger partial charge in [0.2, 0.25) is 0 Å². The van der Waals surface area contributed by atoms with E-state index < -0.39 is 5.97 Å². The summed E-state index contributed by atoms with van der Waals surface area (Å²) in [6.45, 7) is 7.81. The van der Waals surface area contributed by atoms with Crippen LogP contribution in [0.2, 0.25) is 0 Å². The first-order valence-electron chi connectivity index (χ1n) is 8.31. The number of amides is 1. The van der Waals surface area contributed by atoms with Crippen LogP contribution in [0.25, 0.3) is 5.00 Å². The lowest BCUT2D eigenvalue weighted by Gasteiger charge is -2.16. The average molecular weight is 373 g/mol. The molecular weight excluding hydrogens is 350 g/mol. The fourth-order valence-corrected chi connectivity index (χ4v) is 3.91. The van der Waals surface area contributed by atoms with Crippen LogP contribution in [0.5, 0.6) is 0 Å². The van der Waals surface area contributed by atoms with Gasteiger partial charge in [-0.15, -0.1) is 11.3 Å². The summed E-state index contributed by atoms with van der Waals surface area (Å²) in [7, 11) is 1.59. The van der Waals surface area contributed by atoms with Gasteiger partial charge >= 0.3 is 5.97 Å². The summed E-state index contributed by atoms with van der Waals surface area (Å²) in [5.74, 6) is -0.829. The number of likely N-dealkylation sites (N-methyl/N-ethyl adjacent to an activating group) is 1. The second kappa shape index (κ2) is 8.19. The Kier molecular flexibility index (Phi) is 6.22. The highest BCUT2D eigenvalue weighted by molar-refractivity contribution is 7.15. The molecule has 0 unspecified atom stereocenters. The van der Waals surface area contributed by atoms with Crippen molar-refractivity contribution in [2.24, 2.45) is 0 Å². The predicted molar refractivity (Wildman–Crippen MR) is 101 cm³/mol. The van der Waals surface area contributed by atoms with Crippen LogP contribution in [0.15, 0.2) is 12.1 Å². The number of aryl methyl sites for hydroxylation is 3. The number of ether oxygens (including phenoxy) is 1. The second-order valence-corrected chi connectivity index (χ2v) is 7.42. The van der Waals surface area contributed by atoms with Gasteiger partial charge in [0, 0.05) is 29.9 Å². The van der Waals surface area contributed by atoms with E-state index >= 15 is 0 Å². The zero-order valence-electron chi connectivity index (χ0n) is 15.8. The van der Waals surface area contributed by atoms with Crippen molar-refractivity contribution in [2.75, 3.05) is 20.2 Å². The number of esters is 1. The third-order valence-electron chi connectivity index (χ3n) is 4.36. The van der Waals surface area contributed by atoms with Crippen LogP contribution in [0.1, 0.15) is 38.6 Å². The third-order valence-corrected chi connectivity index (χ3v) is 5.55. The zero-order chi connectivity index (χ0) is 19.4. The fraction of sp³-hybridized carbons (Fsp3) is 0.421. The van der Waals surface area contributed by atoms with Gasteiger partial charge in [0.1, 0.15) is 5.00 Å². The Morgan fingerprint density at radius 1 is 1.23 bits per heavy atom. The number of hydrogen-bond donors (Lipinski definition) is 0. The molecule has 1 amide bonds. The molecule has 2 aromatic heterocycles. The molecular formula is C19H23N3O3S. The van der Waals surface area contributed by atoms with E-state index in [1.165, 1.54) is 16.2 Å². The molecule has 26 heavy (non-hydrogen) atoms. The minimum absolute atomic E-state index is 0.245. The number of nitriles is 1. The molecule has 0 atom stereocenters. The van der Waals surface area contributed by atoms with Crippen LogP contribution in [-0.2, 0) is 9.53 Å². The number of nitrogens with zero attached hydrogens (tertiary/aromatic N) is 3. The first-order chi connectivity index (χ1) is 12.3. The lowest BCUT2D eigenvalue weighted by molar-refractivity contribution is -0.133. The summed E-state index contributed by atoms with van der Waals surface area (Å²) in [6, 6.07) is 5.99. The van der Waals surface area contributed by atoms with Gasteiger partial charge in [-0.1, -0.05) is 0 Å². The lowest BCUT2D eigenvalue weighted by atomic mass is 10.1. The number of rotatable bonds is 6. The number of carbonyl (C=O) groups is 2. The van der Waals surface area contributed by atoms with Crippen LogP contribution in [0.3, 0.4) is 0 Å². The number of thiophene rings is 1. The number of carbonyl (C=O) groups excluding carboxylic acids is 2. The molecule has 0 spiro atoms. The van der Waals surface area contributed by atoms with Gasteiger partial charge in [-0.25, -0.2) is 4.79 Å². The Bertz CT molecular complexity index is 854. The van der Waals surface area contributed by atoms with Crippen molar-refractivity contribution >= 4 is 23.2 Å². The van der Waals surface area contributed by atoms with Crippen molar-refractivity contribution in [1.29, 1.82) is 5.26 Å². The van der Waals surface area contributed by atoms with E-state index in [2.05, 4.69) is 0 Å². The van der Waals surface area contributed by atoms with Crippen molar-refractivity contribution < 1.29 is 14.3 Å². The predicted octanol–water partition coefficient (Wildman–Crippen LogP) is 3.30. The SMILES string of the molecule is Cc1sc(-n2c(C)ccc2C)c(C(=O)OCC(=O)N(C)CCC#N)c1C. The number of hydrogen-bond acceptors (Lipinski definition) is 5. The average Bonchev–Trinajstić information content (AvgIpc) is 3.08. The third kappa shape index (κ3) is 3.97. The molecule has 0 aliphatic carbocycles. The molecule has 2 aromatic rings. The van der Waals surface area contributed by atoms with Gasteiger partial charge in [-0.3, -0.25) is 4.79 Å². The minimum atomic E-state index is -0.503. The summed E-state index contributed by atoms with van der Waals surface area (Å²) >= 11 is 1.54. The van der Waals surface area contributed by atoms with E-state index in [-0.39, 0.29) is 18.9 Å². The summed E-state index contributed by atoms with van der Waals surface area (Å²) < 4.78 is 7.31. The highest BCUT2D eigenvalue weighted by Crippen LogP contribution is 2.33. The van der Waals surface area contributed by atoms with E-state index in [1.807, 2.05) is 50.5 Å². The van der Waals surface area contributed by atoms with Gasteiger partial charge in [0.05, 0.1) is 18.1 Å². The first-order valence-corrected chi connectivity index (χ1v) is 9.13. The molecule has 0 N–H and O–H groups in total. The minimum Gasteiger partial charge on any atom is -0.452 e. The Balaban J connectivity index is 2.22. The molecule has 0 radical (unpaired) electrons. The fourth-order valence-electron chi connectivity index (χ4n) is 2.65. The van der Waals surface area contributed by atoms with Crippen molar-refractivity contribution in [3.05, 3.63) is 39.5 Å². The molecule has 0 aliphatic heterocycles. The molecule has 0 aromatic carbocycles. The van der Waals surface area contributed by atoms with Gasteiger partial charge in [-0.05, 0) is 45.4 Å². The first kappa shape index (κ1) is 19.7. The normalized spacial score (nSPS) is 10.5. The van der Waals surface area contributed by atoms with E-state index in [9.17, 15) is 9.59 Å². The van der Waals surface area contributed by atoms with Crippen molar-refractivity contribution in [1.82, 2.24) is 9.47 Å². The van der Waals surface area contributed by atoms with Crippen LogP contribution in [-0.4, -0.2) is 41.5 Å². The smallest absolute Gasteiger partial charge is 0.341 e. The van der Waals surface area contributed by atoms with Crippen molar-refractivity contribution in [3.63, 3.8) is 0 Å². The maximum atomic E-state index is 12.7. The molecule has 0 saturated heterocycles. The Labute approximate surface area is 157 Å². The largest absolute Gasteiger partial charge is 0.452 e. The van der Waals surface area contributed by atoms with Crippen molar-refractivity contribution in [3.8, 4) is 11.1 Å².